The van der Waals surface area contributed by atoms with Crippen molar-refractivity contribution in [3.63, 3.8) is 0 Å². The number of oxazole rings is 1. The molecule has 4 rings (SSSR count). The molecule has 0 spiro atoms. The number of hydrogen-bond donors (Lipinski definition) is 2. The minimum absolute atomic E-state index is 0.0282. The van der Waals surface area contributed by atoms with Gasteiger partial charge in [-0.3, -0.25) is 0 Å². The first-order chi connectivity index (χ1) is 10.7. The molecule has 4 heteroatoms. The third-order valence-electron chi connectivity index (χ3n) is 4.30. The van der Waals surface area contributed by atoms with Gasteiger partial charge in [-0.1, -0.05) is 31.2 Å². The maximum Gasteiger partial charge on any atom is 0.292 e. The highest BCUT2D eigenvalue weighted by molar-refractivity contribution is 5.78. The summed E-state index contributed by atoms with van der Waals surface area (Å²) in [5.74, 6) is 0.789. The summed E-state index contributed by atoms with van der Waals surface area (Å²) < 4.78 is 5.61. The number of rotatable bonds is 2. The SMILES string of the molecule is CCc1ccc(C2c3cc(N)ccc3-c3oc(N)nc32)cc1. The van der Waals surface area contributed by atoms with Crippen molar-refractivity contribution in [2.75, 3.05) is 11.5 Å². The molecule has 0 fully saturated rings. The first kappa shape index (κ1) is 13.0. The van der Waals surface area contributed by atoms with Crippen LogP contribution in [0.3, 0.4) is 0 Å². The normalized spacial score (nSPS) is 15.6. The zero-order valence-electron chi connectivity index (χ0n) is 12.3. The molecule has 3 aromatic rings. The van der Waals surface area contributed by atoms with E-state index >= 15 is 0 Å². The van der Waals surface area contributed by atoms with Crippen molar-refractivity contribution >= 4 is 11.7 Å². The summed E-state index contributed by atoms with van der Waals surface area (Å²) in [6.45, 7) is 2.15. The fourth-order valence-electron chi connectivity index (χ4n) is 3.20. The van der Waals surface area contributed by atoms with Gasteiger partial charge in [0, 0.05) is 11.3 Å². The Balaban J connectivity index is 1.92. The van der Waals surface area contributed by atoms with E-state index in [1.54, 1.807) is 0 Å². The Morgan fingerprint density at radius 2 is 1.86 bits per heavy atom. The van der Waals surface area contributed by atoms with Crippen LogP contribution in [0.15, 0.2) is 46.9 Å². The third kappa shape index (κ3) is 1.80. The average molecular weight is 291 g/mol. The van der Waals surface area contributed by atoms with Crippen LogP contribution in [0.4, 0.5) is 11.7 Å². The number of benzene rings is 2. The van der Waals surface area contributed by atoms with Gasteiger partial charge in [0.2, 0.25) is 0 Å². The van der Waals surface area contributed by atoms with Crippen LogP contribution in [0, 0.1) is 0 Å². The van der Waals surface area contributed by atoms with Gasteiger partial charge in [-0.25, -0.2) is 0 Å². The Bertz CT molecular complexity index is 849. The molecule has 0 saturated heterocycles. The highest BCUT2D eigenvalue weighted by Crippen LogP contribution is 2.48. The minimum atomic E-state index is 0.0282. The fraction of sp³-hybridized carbons (Fsp3) is 0.167. The molecular formula is C18H17N3O. The van der Waals surface area contributed by atoms with E-state index in [1.807, 2.05) is 18.2 Å². The number of anilines is 2. The van der Waals surface area contributed by atoms with Crippen molar-refractivity contribution in [2.45, 2.75) is 19.3 Å². The number of nitrogens with zero attached hydrogens (tertiary/aromatic N) is 1. The summed E-state index contributed by atoms with van der Waals surface area (Å²) >= 11 is 0. The molecule has 1 aliphatic rings. The van der Waals surface area contributed by atoms with Gasteiger partial charge in [-0.2, -0.15) is 4.98 Å². The Kier molecular flexibility index (Phi) is 2.73. The first-order valence-electron chi connectivity index (χ1n) is 7.42. The summed E-state index contributed by atoms with van der Waals surface area (Å²) in [5.41, 5.74) is 18.0. The smallest absolute Gasteiger partial charge is 0.292 e. The molecule has 110 valence electrons. The lowest BCUT2D eigenvalue weighted by atomic mass is 9.91. The van der Waals surface area contributed by atoms with E-state index in [0.29, 0.717) is 0 Å². The van der Waals surface area contributed by atoms with Gasteiger partial charge in [-0.05, 0) is 41.3 Å². The molecular weight excluding hydrogens is 274 g/mol. The molecule has 22 heavy (non-hydrogen) atoms. The van der Waals surface area contributed by atoms with Crippen LogP contribution >= 0.6 is 0 Å². The van der Waals surface area contributed by atoms with Crippen LogP contribution in [0.1, 0.15) is 35.2 Å². The molecule has 0 aliphatic heterocycles. The molecule has 1 aromatic heterocycles. The van der Waals surface area contributed by atoms with Gasteiger partial charge in [0.05, 0.1) is 5.92 Å². The van der Waals surface area contributed by atoms with E-state index in [0.717, 1.165) is 34.7 Å². The van der Waals surface area contributed by atoms with Gasteiger partial charge in [0.1, 0.15) is 5.69 Å². The van der Waals surface area contributed by atoms with Crippen molar-refractivity contribution < 1.29 is 4.42 Å². The fourth-order valence-corrected chi connectivity index (χ4v) is 3.20. The summed E-state index contributed by atoms with van der Waals surface area (Å²) in [4.78, 5) is 4.41. The second kappa shape index (κ2) is 4.63. The number of aromatic nitrogens is 1. The van der Waals surface area contributed by atoms with Crippen molar-refractivity contribution in [2.24, 2.45) is 0 Å². The lowest BCUT2D eigenvalue weighted by molar-refractivity contribution is 0.595. The molecule has 1 atom stereocenters. The Hall–Kier alpha value is -2.75. The number of nitrogen functional groups attached to an aromatic ring is 2. The van der Waals surface area contributed by atoms with Crippen LogP contribution in [-0.2, 0) is 6.42 Å². The number of fused-ring (bicyclic) bond motifs is 3. The predicted molar refractivity (Wildman–Crippen MR) is 87.5 cm³/mol. The van der Waals surface area contributed by atoms with Crippen LogP contribution in [0.2, 0.25) is 0 Å². The number of hydrogen-bond acceptors (Lipinski definition) is 4. The summed E-state index contributed by atoms with van der Waals surface area (Å²) in [6.07, 6.45) is 1.02. The molecule has 0 bridgehead atoms. The molecule has 0 amide bonds. The standard InChI is InChI=1S/C18H17N3O/c1-2-10-3-5-11(6-4-10)15-14-9-12(19)7-8-13(14)17-16(15)21-18(20)22-17/h3-9,15H,2,19H2,1H3,(H2,20,21). The van der Waals surface area contributed by atoms with E-state index in [9.17, 15) is 0 Å². The van der Waals surface area contributed by atoms with Crippen LogP contribution in [0.5, 0.6) is 0 Å². The van der Waals surface area contributed by atoms with Gasteiger partial charge in [0.15, 0.2) is 5.76 Å². The van der Waals surface area contributed by atoms with Crippen LogP contribution in [0.25, 0.3) is 11.3 Å². The molecule has 1 heterocycles. The second-order valence-corrected chi connectivity index (χ2v) is 5.64. The molecule has 4 N–H and O–H groups in total. The van der Waals surface area contributed by atoms with Gasteiger partial charge in [-0.15, -0.1) is 0 Å². The zero-order chi connectivity index (χ0) is 15.3. The maximum absolute atomic E-state index is 5.97. The Morgan fingerprint density at radius 3 is 2.59 bits per heavy atom. The summed E-state index contributed by atoms with van der Waals surface area (Å²) in [7, 11) is 0. The number of aryl methyl sites for hydroxylation is 1. The largest absolute Gasteiger partial charge is 0.423 e. The zero-order valence-corrected chi connectivity index (χ0v) is 12.3. The van der Waals surface area contributed by atoms with E-state index in [2.05, 4.69) is 36.2 Å². The Morgan fingerprint density at radius 1 is 1.09 bits per heavy atom. The summed E-state index contributed by atoms with van der Waals surface area (Å²) in [5, 5.41) is 0. The van der Waals surface area contributed by atoms with Gasteiger partial charge in [0.25, 0.3) is 6.01 Å². The lowest BCUT2D eigenvalue weighted by Gasteiger charge is -2.13. The predicted octanol–water partition coefficient (Wildman–Crippen LogP) is 3.56. The molecule has 1 unspecified atom stereocenters. The topological polar surface area (TPSA) is 78.1 Å². The van der Waals surface area contributed by atoms with Crippen molar-refractivity contribution in [3.8, 4) is 11.3 Å². The first-order valence-corrected chi connectivity index (χ1v) is 7.42. The monoisotopic (exact) mass is 291 g/mol. The average Bonchev–Trinajstić information content (AvgIpc) is 3.02. The molecule has 2 aromatic carbocycles. The lowest BCUT2D eigenvalue weighted by Crippen LogP contribution is -2.02. The molecule has 0 saturated carbocycles. The van der Waals surface area contributed by atoms with Crippen molar-refractivity contribution in [3.05, 3.63) is 64.8 Å². The molecule has 1 aliphatic carbocycles. The number of nitrogens with two attached hydrogens (primary N) is 2. The van der Waals surface area contributed by atoms with Crippen LogP contribution < -0.4 is 11.5 Å². The minimum Gasteiger partial charge on any atom is -0.423 e. The summed E-state index contributed by atoms with van der Waals surface area (Å²) in [6, 6.07) is 14.7. The van der Waals surface area contributed by atoms with E-state index in [-0.39, 0.29) is 11.9 Å². The highest BCUT2D eigenvalue weighted by atomic mass is 16.4. The third-order valence-corrected chi connectivity index (χ3v) is 4.30. The molecule has 4 nitrogen and oxygen atoms in total. The van der Waals surface area contributed by atoms with Gasteiger partial charge < -0.3 is 15.9 Å². The van der Waals surface area contributed by atoms with Gasteiger partial charge >= 0.3 is 0 Å². The van der Waals surface area contributed by atoms with Crippen molar-refractivity contribution in [1.29, 1.82) is 0 Å². The van der Waals surface area contributed by atoms with Crippen LogP contribution in [-0.4, -0.2) is 4.98 Å². The molecule has 0 radical (unpaired) electrons. The van der Waals surface area contributed by atoms with E-state index < -0.39 is 0 Å². The van der Waals surface area contributed by atoms with E-state index in [1.165, 1.54) is 11.1 Å². The quantitative estimate of drug-likeness (QED) is 0.553. The maximum atomic E-state index is 5.97. The van der Waals surface area contributed by atoms with E-state index in [4.69, 9.17) is 15.9 Å². The second-order valence-electron chi connectivity index (χ2n) is 5.64. The Labute approximate surface area is 128 Å². The highest BCUT2D eigenvalue weighted by Gasteiger charge is 2.35. The van der Waals surface area contributed by atoms with Crippen molar-refractivity contribution in [1.82, 2.24) is 4.98 Å².